The van der Waals surface area contributed by atoms with Crippen molar-refractivity contribution in [1.82, 2.24) is 4.57 Å². The van der Waals surface area contributed by atoms with Gasteiger partial charge in [-0.3, -0.25) is 0 Å². The number of hydrogen-bond acceptors (Lipinski definition) is 5. The normalized spacial score (nSPS) is 17.0. The van der Waals surface area contributed by atoms with Crippen molar-refractivity contribution in [3.05, 3.63) is 68.5 Å². The molecule has 5 nitrogen and oxygen atoms in total. The van der Waals surface area contributed by atoms with E-state index in [0.29, 0.717) is 20.7 Å². The Morgan fingerprint density at radius 3 is 2.57 bits per heavy atom. The van der Waals surface area contributed by atoms with Gasteiger partial charge in [0, 0.05) is 23.5 Å². The first kappa shape index (κ1) is 20.3. The average Bonchev–Trinajstić information content (AvgIpc) is 3.08. The summed E-state index contributed by atoms with van der Waals surface area (Å²) in [6.45, 7) is 5.96. The fourth-order valence-corrected chi connectivity index (χ4v) is 3.95. The minimum absolute atomic E-state index is 0.0818. The summed E-state index contributed by atoms with van der Waals surface area (Å²) in [7, 11) is 1.99. The number of aromatic nitrogens is 1. The fraction of sp³-hybridized carbons (Fsp3) is 0.238. The molecule has 0 bridgehead atoms. The van der Waals surface area contributed by atoms with Crippen LogP contribution in [-0.2, 0) is 16.6 Å². The maximum atomic E-state index is 12.4. The van der Waals surface area contributed by atoms with E-state index in [9.17, 15) is 9.90 Å². The Labute approximate surface area is 173 Å². The van der Waals surface area contributed by atoms with Crippen molar-refractivity contribution >= 4 is 46.1 Å². The number of aliphatic hydroxyl groups excluding tert-OH is 1. The number of esters is 1. The van der Waals surface area contributed by atoms with Gasteiger partial charge in [-0.15, -0.1) is 0 Å². The highest BCUT2D eigenvalue weighted by molar-refractivity contribution is 8.18. The molecule has 1 N–H and O–H groups in total. The predicted molar refractivity (Wildman–Crippen MR) is 115 cm³/mol. The number of ether oxygens (including phenoxy) is 1. The van der Waals surface area contributed by atoms with Gasteiger partial charge < -0.3 is 14.4 Å². The Kier molecular flexibility index (Phi) is 6.01. The lowest BCUT2D eigenvalue weighted by Crippen LogP contribution is -2.12. The molecule has 2 heterocycles. The molecule has 0 fully saturated rings. The van der Waals surface area contributed by atoms with E-state index in [2.05, 4.69) is 9.56 Å². The number of carbonyl (C=O) groups is 1. The number of rotatable bonds is 4. The average molecular weight is 417 g/mol. The molecule has 0 spiro atoms. The van der Waals surface area contributed by atoms with Crippen LogP contribution in [0.4, 0.5) is 5.69 Å². The SMILES string of the molecule is CCOC(=O)C1=C(O)/C(=C/c2cc(C)n(C)c2C)SC1=Nc1ccc(Cl)cc1. The molecule has 146 valence electrons. The Morgan fingerprint density at radius 2 is 2.00 bits per heavy atom. The van der Waals surface area contributed by atoms with Gasteiger partial charge in [0.2, 0.25) is 0 Å². The summed E-state index contributed by atoms with van der Waals surface area (Å²) in [5.74, 6) is -0.707. The molecule has 28 heavy (non-hydrogen) atoms. The zero-order chi connectivity index (χ0) is 20.4. The van der Waals surface area contributed by atoms with Gasteiger partial charge in [0.25, 0.3) is 0 Å². The summed E-state index contributed by atoms with van der Waals surface area (Å²) in [5.41, 5.74) is 3.87. The Bertz CT molecular complexity index is 1020. The van der Waals surface area contributed by atoms with Crippen LogP contribution in [0.1, 0.15) is 23.9 Å². The van der Waals surface area contributed by atoms with Crippen molar-refractivity contribution in [1.29, 1.82) is 0 Å². The first-order chi connectivity index (χ1) is 13.3. The third-order valence-electron chi connectivity index (χ3n) is 4.53. The third-order valence-corrected chi connectivity index (χ3v) is 5.80. The van der Waals surface area contributed by atoms with Crippen molar-refractivity contribution in [3.8, 4) is 0 Å². The largest absolute Gasteiger partial charge is 0.506 e. The quantitative estimate of drug-likeness (QED) is 0.669. The van der Waals surface area contributed by atoms with Gasteiger partial charge in [0.15, 0.2) is 0 Å². The van der Waals surface area contributed by atoms with Crippen LogP contribution in [0.15, 0.2) is 51.6 Å². The monoisotopic (exact) mass is 416 g/mol. The molecule has 3 rings (SSSR count). The summed E-state index contributed by atoms with van der Waals surface area (Å²) < 4.78 is 7.20. The second kappa shape index (κ2) is 8.29. The molecular formula is C21H21ClN2O3S. The maximum Gasteiger partial charge on any atom is 0.344 e. The highest BCUT2D eigenvalue weighted by atomic mass is 35.5. The lowest BCUT2D eigenvalue weighted by molar-refractivity contribution is -0.138. The van der Waals surface area contributed by atoms with Crippen LogP contribution in [-0.4, -0.2) is 27.3 Å². The van der Waals surface area contributed by atoms with Crippen LogP contribution in [0.25, 0.3) is 6.08 Å². The van der Waals surface area contributed by atoms with Gasteiger partial charge >= 0.3 is 5.97 Å². The number of aliphatic hydroxyl groups is 1. The number of carbonyl (C=O) groups excluding carboxylic acids is 1. The van der Waals surface area contributed by atoms with E-state index in [4.69, 9.17) is 16.3 Å². The van der Waals surface area contributed by atoms with Crippen molar-refractivity contribution in [2.24, 2.45) is 12.0 Å². The number of aliphatic imine (C=N–C) groups is 1. The summed E-state index contributed by atoms with van der Waals surface area (Å²) in [5, 5.41) is 11.7. The van der Waals surface area contributed by atoms with Crippen LogP contribution in [0.5, 0.6) is 0 Å². The second-order valence-electron chi connectivity index (χ2n) is 6.33. The van der Waals surface area contributed by atoms with Gasteiger partial charge in [-0.05, 0) is 62.7 Å². The molecule has 0 amide bonds. The Hall–Kier alpha value is -2.44. The lowest BCUT2D eigenvalue weighted by atomic mass is 10.2. The number of benzene rings is 1. The number of halogens is 1. The number of aryl methyl sites for hydroxylation is 1. The van der Waals surface area contributed by atoms with Gasteiger partial charge in [-0.2, -0.15) is 0 Å². The molecule has 0 radical (unpaired) electrons. The highest BCUT2D eigenvalue weighted by Gasteiger charge is 2.33. The predicted octanol–water partition coefficient (Wildman–Crippen LogP) is 5.49. The van der Waals surface area contributed by atoms with Crippen LogP contribution in [0, 0.1) is 13.8 Å². The smallest absolute Gasteiger partial charge is 0.344 e. The number of nitrogens with zero attached hydrogens (tertiary/aromatic N) is 2. The molecule has 1 aliphatic heterocycles. The summed E-state index contributed by atoms with van der Waals surface area (Å²) in [4.78, 5) is 17.5. The standard InChI is InChI=1S/C21H21ClN2O3S/c1-5-27-21(26)18-19(25)17(11-14-10-12(2)24(4)13(14)3)28-20(18)23-16-8-6-15(22)7-9-16/h6-11,25H,5H2,1-4H3/b17-11-,23-20?. The first-order valence-corrected chi connectivity index (χ1v) is 9.99. The molecule has 2 aromatic rings. The molecule has 0 unspecified atom stereocenters. The zero-order valence-electron chi connectivity index (χ0n) is 16.1. The van der Waals surface area contributed by atoms with E-state index >= 15 is 0 Å². The molecule has 0 atom stereocenters. The molecule has 0 saturated heterocycles. The fourth-order valence-electron chi connectivity index (χ4n) is 2.80. The summed E-state index contributed by atoms with van der Waals surface area (Å²) >= 11 is 7.17. The third kappa shape index (κ3) is 4.03. The minimum Gasteiger partial charge on any atom is -0.506 e. The first-order valence-electron chi connectivity index (χ1n) is 8.79. The van der Waals surface area contributed by atoms with E-state index in [0.717, 1.165) is 17.0 Å². The van der Waals surface area contributed by atoms with Crippen LogP contribution < -0.4 is 0 Å². The van der Waals surface area contributed by atoms with Crippen molar-refractivity contribution in [2.75, 3.05) is 6.61 Å². The Balaban J connectivity index is 2.06. The van der Waals surface area contributed by atoms with Gasteiger partial charge in [-0.1, -0.05) is 23.4 Å². The van der Waals surface area contributed by atoms with Crippen LogP contribution in [0.2, 0.25) is 5.02 Å². The van der Waals surface area contributed by atoms with Crippen molar-refractivity contribution in [3.63, 3.8) is 0 Å². The molecule has 1 aromatic heterocycles. The maximum absolute atomic E-state index is 12.4. The van der Waals surface area contributed by atoms with E-state index in [-0.39, 0.29) is 17.9 Å². The van der Waals surface area contributed by atoms with Crippen LogP contribution >= 0.6 is 23.4 Å². The minimum atomic E-state index is -0.593. The Morgan fingerprint density at radius 1 is 1.32 bits per heavy atom. The van der Waals surface area contributed by atoms with Crippen LogP contribution in [0.3, 0.4) is 0 Å². The molecule has 7 heteroatoms. The van der Waals surface area contributed by atoms with Crippen molar-refractivity contribution in [2.45, 2.75) is 20.8 Å². The van der Waals surface area contributed by atoms with E-state index < -0.39 is 5.97 Å². The van der Waals surface area contributed by atoms with Crippen molar-refractivity contribution < 1.29 is 14.6 Å². The number of thioether (sulfide) groups is 1. The highest BCUT2D eigenvalue weighted by Crippen LogP contribution is 2.40. The van der Waals surface area contributed by atoms with E-state index in [1.165, 1.54) is 11.8 Å². The molecule has 1 aromatic carbocycles. The molecule has 0 saturated carbocycles. The van der Waals surface area contributed by atoms with E-state index in [1.54, 1.807) is 31.2 Å². The van der Waals surface area contributed by atoms with Gasteiger partial charge in [-0.25, -0.2) is 9.79 Å². The summed E-state index contributed by atoms with van der Waals surface area (Å²) in [6.07, 6.45) is 1.87. The summed E-state index contributed by atoms with van der Waals surface area (Å²) in [6, 6.07) is 8.99. The second-order valence-corrected chi connectivity index (χ2v) is 7.80. The lowest BCUT2D eigenvalue weighted by Gasteiger charge is -2.03. The number of hydrogen-bond donors (Lipinski definition) is 1. The van der Waals surface area contributed by atoms with Gasteiger partial charge in [0.1, 0.15) is 16.4 Å². The molecule has 1 aliphatic rings. The zero-order valence-corrected chi connectivity index (χ0v) is 17.7. The van der Waals surface area contributed by atoms with E-state index in [1.807, 2.05) is 33.0 Å². The van der Waals surface area contributed by atoms with Gasteiger partial charge in [0.05, 0.1) is 17.2 Å². The topological polar surface area (TPSA) is 63.8 Å². The molecule has 0 aliphatic carbocycles. The molecular weight excluding hydrogens is 396 g/mol.